The molecule has 1 atom stereocenters. The van der Waals surface area contributed by atoms with E-state index in [0.29, 0.717) is 23.7 Å². The van der Waals surface area contributed by atoms with Crippen molar-refractivity contribution in [1.29, 1.82) is 0 Å². The SMILES string of the molecule is CCOc1ccc(C(=O)N(C)CC(C)O)cc1OC. The highest BCUT2D eigenvalue weighted by Gasteiger charge is 2.15. The van der Waals surface area contributed by atoms with Crippen LogP contribution in [0.5, 0.6) is 11.5 Å². The second-order valence-electron chi connectivity index (χ2n) is 4.33. The second kappa shape index (κ2) is 6.99. The van der Waals surface area contributed by atoms with E-state index in [2.05, 4.69) is 0 Å². The maximum Gasteiger partial charge on any atom is 0.253 e. The Morgan fingerprint density at radius 3 is 2.63 bits per heavy atom. The molecule has 0 saturated heterocycles. The zero-order chi connectivity index (χ0) is 14.4. The molecule has 19 heavy (non-hydrogen) atoms. The van der Waals surface area contributed by atoms with E-state index in [1.807, 2.05) is 6.92 Å². The van der Waals surface area contributed by atoms with Crippen LogP contribution in [0.3, 0.4) is 0 Å². The molecular formula is C14H21NO4. The van der Waals surface area contributed by atoms with Gasteiger partial charge in [0.1, 0.15) is 0 Å². The number of methoxy groups -OCH3 is 1. The molecule has 0 aromatic heterocycles. The zero-order valence-electron chi connectivity index (χ0n) is 11.8. The number of ether oxygens (including phenoxy) is 2. The van der Waals surface area contributed by atoms with Crippen molar-refractivity contribution in [2.45, 2.75) is 20.0 Å². The molecule has 106 valence electrons. The second-order valence-corrected chi connectivity index (χ2v) is 4.33. The first-order valence-corrected chi connectivity index (χ1v) is 6.24. The molecule has 1 aromatic carbocycles. The summed E-state index contributed by atoms with van der Waals surface area (Å²) in [6.45, 7) is 4.34. The van der Waals surface area contributed by atoms with E-state index >= 15 is 0 Å². The number of carbonyl (C=O) groups excluding carboxylic acids is 1. The van der Waals surface area contributed by atoms with Crippen LogP contribution in [0.15, 0.2) is 18.2 Å². The topological polar surface area (TPSA) is 59.0 Å². The highest BCUT2D eigenvalue weighted by atomic mass is 16.5. The minimum atomic E-state index is -0.557. The Kier molecular flexibility index (Phi) is 5.63. The third-order valence-corrected chi connectivity index (χ3v) is 2.60. The molecule has 1 rings (SSSR count). The predicted octanol–water partition coefficient (Wildman–Crippen LogP) is 1.55. The Balaban J connectivity index is 2.92. The van der Waals surface area contributed by atoms with Gasteiger partial charge in [0.2, 0.25) is 0 Å². The van der Waals surface area contributed by atoms with E-state index in [1.54, 1.807) is 32.2 Å². The average molecular weight is 267 g/mol. The fourth-order valence-electron chi connectivity index (χ4n) is 1.77. The van der Waals surface area contributed by atoms with Gasteiger partial charge in [0.05, 0.1) is 19.8 Å². The van der Waals surface area contributed by atoms with Gasteiger partial charge in [-0.15, -0.1) is 0 Å². The van der Waals surface area contributed by atoms with Crippen LogP contribution < -0.4 is 9.47 Å². The molecule has 5 nitrogen and oxygen atoms in total. The monoisotopic (exact) mass is 267 g/mol. The number of nitrogens with zero attached hydrogens (tertiary/aromatic N) is 1. The van der Waals surface area contributed by atoms with Crippen LogP contribution in [0, 0.1) is 0 Å². The molecule has 0 aliphatic heterocycles. The van der Waals surface area contributed by atoms with Crippen molar-refractivity contribution >= 4 is 5.91 Å². The molecule has 0 fully saturated rings. The van der Waals surface area contributed by atoms with Crippen LogP contribution in [-0.4, -0.2) is 49.3 Å². The van der Waals surface area contributed by atoms with Crippen LogP contribution >= 0.6 is 0 Å². The van der Waals surface area contributed by atoms with E-state index in [1.165, 1.54) is 12.0 Å². The van der Waals surface area contributed by atoms with Crippen molar-refractivity contribution in [2.24, 2.45) is 0 Å². The molecule has 0 aliphatic rings. The number of aliphatic hydroxyl groups is 1. The predicted molar refractivity (Wildman–Crippen MR) is 72.8 cm³/mol. The van der Waals surface area contributed by atoms with Gasteiger partial charge in [-0.2, -0.15) is 0 Å². The number of likely N-dealkylation sites (N-methyl/N-ethyl adjacent to an activating group) is 1. The summed E-state index contributed by atoms with van der Waals surface area (Å²) in [6, 6.07) is 5.05. The van der Waals surface area contributed by atoms with Crippen molar-refractivity contribution in [1.82, 2.24) is 4.90 Å². The number of benzene rings is 1. The number of hydrogen-bond donors (Lipinski definition) is 1. The maximum atomic E-state index is 12.1. The van der Waals surface area contributed by atoms with Gasteiger partial charge in [0.15, 0.2) is 11.5 Å². The quantitative estimate of drug-likeness (QED) is 0.849. The van der Waals surface area contributed by atoms with Gasteiger partial charge >= 0.3 is 0 Å². The highest BCUT2D eigenvalue weighted by molar-refractivity contribution is 5.94. The van der Waals surface area contributed by atoms with E-state index in [4.69, 9.17) is 9.47 Å². The highest BCUT2D eigenvalue weighted by Crippen LogP contribution is 2.28. The summed E-state index contributed by atoms with van der Waals surface area (Å²) >= 11 is 0. The smallest absolute Gasteiger partial charge is 0.253 e. The lowest BCUT2D eigenvalue weighted by molar-refractivity contribution is 0.0703. The summed E-state index contributed by atoms with van der Waals surface area (Å²) in [7, 11) is 3.18. The molecule has 1 N–H and O–H groups in total. The largest absolute Gasteiger partial charge is 0.493 e. The summed E-state index contributed by atoms with van der Waals surface area (Å²) in [6.07, 6.45) is -0.557. The van der Waals surface area contributed by atoms with Crippen LogP contribution in [-0.2, 0) is 0 Å². The molecule has 1 aromatic rings. The fourth-order valence-corrected chi connectivity index (χ4v) is 1.77. The first kappa shape index (κ1) is 15.3. The van der Waals surface area contributed by atoms with Gasteiger partial charge in [0.25, 0.3) is 5.91 Å². The van der Waals surface area contributed by atoms with Crippen molar-refractivity contribution in [3.63, 3.8) is 0 Å². The van der Waals surface area contributed by atoms with Gasteiger partial charge in [-0.05, 0) is 32.0 Å². The normalized spacial score (nSPS) is 11.8. The van der Waals surface area contributed by atoms with Crippen LogP contribution in [0.2, 0.25) is 0 Å². The molecule has 0 saturated carbocycles. The number of carbonyl (C=O) groups is 1. The molecule has 0 heterocycles. The van der Waals surface area contributed by atoms with Gasteiger partial charge in [-0.25, -0.2) is 0 Å². The third kappa shape index (κ3) is 4.13. The molecule has 1 unspecified atom stereocenters. The first-order valence-electron chi connectivity index (χ1n) is 6.24. The van der Waals surface area contributed by atoms with Crippen molar-refractivity contribution in [3.05, 3.63) is 23.8 Å². The third-order valence-electron chi connectivity index (χ3n) is 2.60. The lowest BCUT2D eigenvalue weighted by Crippen LogP contribution is -2.33. The zero-order valence-corrected chi connectivity index (χ0v) is 11.8. The lowest BCUT2D eigenvalue weighted by atomic mass is 10.1. The average Bonchev–Trinajstić information content (AvgIpc) is 2.37. The molecule has 0 spiro atoms. The number of aliphatic hydroxyl groups excluding tert-OH is 1. The number of hydrogen-bond acceptors (Lipinski definition) is 4. The van der Waals surface area contributed by atoms with E-state index in [-0.39, 0.29) is 12.5 Å². The molecule has 0 aliphatic carbocycles. The number of rotatable bonds is 6. The summed E-state index contributed by atoms with van der Waals surface area (Å²) in [5.74, 6) is 0.972. The molecule has 1 amide bonds. The maximum absolute atomic E-state index is 12.1. The van der Waals surface area contributed by atoms with E-state index in [0.717, 1.165) is 0 Å². The molecular weight excluding hydrogens is 246 g/mol. The van der Waals surface area contributed by atoms with Gasteiger partial charge in [-0.3, -0.25) is 4.79 Å². The van der Waals surface area contributed by atoms with Crippen LogP contribution in [0.4, 0.5) is 0 Å². The van der Waals surface area contributed by atoms with Crippen LogP contribution in [0.25, 0.3) is 0 Å². The van der Waals surface area contributed by atoms with E-state index < -0.39 is 6.10 Å². The Hall–Kier alpha value is -1.75. The van der Waals surface area contributed by atoms with Crippen molar-refractivity contribution < 1.29 is 19.4 Å². The molecule has 0 radical (unpaired) electrons. The summed E-state index contributed by atoms with van der Waals surface area (Å²) in [5.41, 5.74) is 0.503. The molecule has 5 heteroatoms. The van der Waals surface area contributed by atoms with Gasteiger partial charge in [-0.1, -0.05) is 0 Å². The standard InChI is InChI=1S/C14H21NO4/c1-5-19-12-7-6-11(8-13(12)18-4)14(17)15(3)9-10(2)16/h6-8,10,16H,5,9H2,1-4H3. The Labute approximate surface area is 113 Å². The van der Waals surface area contributed by atoms with Gasteiger partial charge in [0, 0.05) is 19.2 Å². The first-order chi connectivity index (χ1) is 8.99. The minimum Gasteiger partial charge on any atom is -0.493 e. The number of amides is 1. The lowest BCUT2D eigenvalue weighted by Gasteiger charge is -2.19. The Morgan fingerprint density at radius 2 is 2.11 bits per heavy atom. The van der Waals surface area contributed by atoms with Crippen molar-refractivity contribution in [2.75, 3.05) is 27.3 Å². The Morgan fingerprint density at radius 1 is 1.42 bits per heavy atom. The van der Waals surface area contributed by atoms with E-state index in [9.17, 15) is 9.90 Å². The summed E-state index contributed by atoms with van der Waals surface area (Å²) in [5, 5.41) is 9.29. The minimum absolute atomic E-state index is 0.165. The summed E-state index contributed by atoms with van der Waals surface area (Å²) in [4.78, 5) is 13.6. The van der Waals surface area contributed by atoms with Crippen LogP contribution in [0.1, 0.15) is 24.2 Å². The van der Waals surface area contributed by atoms with Gasteiger partial charge < -0.3 is 19.5 Å². The van der Waals surface area contributed by atoms with Crippen molar-refractivity contribution in [3.8, 4) is 11.5 Å². The Bertz CT molecular complexity index is 431. The fraction of sp³-hybridized carbons (Fsp3) is 0.500. The summed E-state index contributed by atoms with van der Waals surface area (Å²) < 4.78 is 10.6. The molecule has 0 bridgehead atoms.